The van der Waals surface area contributed by atoms with E-state index >= 15 is 0 Å². The molecule has 0 spiro atoms. The van der Waals surface area contributed by atoms with Gasteiger partial charge in [0.2, 0.25) is 0 Å². The topological polar surface area (TPSA) is 33.2 Å². The van der Waals surface area contributed by atoms with Crippen LogP contribution in [0.3, 0.4) is 0 Å². The molecule has 0 radical (unpaired) electrons. The van der Waals surface area contributed by atoms with Crippen molar-refractivity contribution >= 4 is 27.7 Å². The van der Waals surface area contributed by atoms with Crippen molar-refractivity contribution in [3.63, 3.8) is 0 Å². The molecule has 0 aliphatic heterocycles. The summed E-state index contributed by atoms with van der Waals surface area (Å²) in [7, 11) is 1.71. The predicted octanol–water partition coefficient (Wildman–Crippen LogP) is 3.12. The molecule has 1 heterocycles. The fourth-order valence-corrected chi connectivity index (χ4v) is 1.78. The minimum Gasteiger partial charge on any atom is -0.296 e. The maximum Gasteiger partial charge on any atom is 0.259 e. The van der Waals surface area contributed by atoms with Crippen molar-refractivity contribution in [3.05, 3.63) is 58.7 Å². The fourth-order valence-electron chi connectivity index (χ4n) is 1.46. The van der Waals surface area contributed by atoms with Crippen LogP contribution in [0.4, 0.5) is 5.82 Å². The van der Waals surface area contributed by atoms with E-state index in [9.17, 15) is 4.79 Å². The van der Waals surface area contributed by atoms with Crippen molar-refractivity contribution < 1.29 is 4.79 Å². The second kappa shape index (κ2) is 5.10. The number of carbonyl (C=O) groups is 1. The summed E-state index contributed by atoms with van der Waals surface area (Å²) in [5.74, 6) is 0.546. The molecular weight excluding hydrogens is 280 g/mol. The standard InChI is InChI=1S/C13H11BrN2O/c1-16(12-9-11(14)7-8-15-12)13(17)10-5-3-2-4-6-10/h2-9H,1H3. The first kappa shape index (κ1) is 11.8. The summed E-state index contributed by atoms with van der Waals surface area (Å²) in [6.07, 6.45) is 1.66. The lowest BCUT2D eigenvalue weighted by Gasteiger charge is -2.16. The SMILES string of the molecule is CN(C(=O)c1ccccc1)c1cc(Br)ccn1. The van der Waals surface area contributed by atoms with Gasteiger partial charge in [0, 0.05) is 23.3 Å². The number of halogens is 1. The molecule has 1 aromatic heterocycles. The Hall–Kier alpha value is -1.68. The van der Waals surface area contributed by atoms with Gasteiger partial charge in [-0.05, 0) is 24.3 Å². The van der Waals surface area contributed by atoms with Crippen LogP contribution in [0.2, 0.25) is 0 Å². The molecule has 0 aliphatic carbocycles. The Morgan fingerprint density at radius 2 is 1.94 bits per heavy atom. The summed E-state index contributed by atoms with van der Waals surface area (Å²) >= 11 is 3.36. The van der Waals surface area contributed by atoms with Gasteiger partial charge >= 0.3 is 0 Å². The van der Waals surface area contributed by atoms with Gasteiger partial charge in [0.05, 0.1) is 0 Å². The molecule has 2 rings (SSSR count). The van der Waals surface area contributed by atoms with Crippen LogP contribution in [0.5, 0.6) is 0 Å². The van der Waals surface area contributed by atoms with E-state index in [-0.39, 0.29) is 5.91 Å². The second-order valence-corrected chi connectivity index (χ2v) is 4.48. The first-order valence-electron chi connectivity index (χ1n) is 5.13. The molecule has 0 atom stereocenters. The molecule has 0 saturated carbocycles. The Morgan fingerprint density at radius 1 is 1.24 bits per heavy atom. The first-order valence-corrected chi connectivity index (χ1v) is 5.92. The number of nitrogens with zero attached hydrogens (tertiary/aromatic N) is 2. The zero-order valence-electron chi connectivity index (χ0n) is 9.30. The predicted molar refractivity (Wildman–Crippen MR) is 71.1 cm³/mol. The lowest BCUT2D eigenvalue weighted by molar-refractivity contribution is 0.0992. The number of rotatable bonds is 2. The molecule has 0 unspecified atom stereocenters. The quantitative estimate of drug-likeness (QED) is 0.851. The zero-order chi connectivity index (χ0) is 12.3. The van der Waals surface area contributed by atoms with Gasteiger partial charge in [0.1, 0.15) is 5.82 Å². The molecule has 0 N–H and O–H groups in total. The molecule has 0 bridgehead atoms. The van der Waals surface area contributed by atoms with E-state index < -0.39 is 0 Å². The number of amides is 1. The van der Waals surface area contributed by atoms with Crippen molar-refractivity contribution in [3.8, 4) is 0 Å². The summed E-state index contributed by atoms with van der Waals surface area (Å²) in [4.78, 5) is 17.8. The van der Waals surface area contributed by atoms with Gasteiger partial charge < -0.3 is 0 Å². The van der Waals surface area contributed by atoms with Gasteiger partial charge in [-0.15, -0.1) is 0 Å². The van der Waals surface area contributed by atoms with Gasteiger partial charge in [0.25, 0.3) is 5.91 Å². The third-order valence-electron chi connectivity index (χ3n) is 2.38. The lowest BCUT2D eigenvalue weighted by Crippen LogP contribution is -2.26. The summed E-state index contributed by atoms with van der Waals surface area (Å²) in [6.45, 7) is 0. The molecule has 4 heteroatoms. The zero-order valence-corrected chi connectivity index (χ0v) is 10.9. The van der Waals surface area contributed by atoms with Crippen molar-refractivity contribution in [2.45, 2.75) is 0 Å². The number of benzene rings is 1. The molecule has 2 aromatic rings. The lowest BCUT2D eigenvalue weighted by atomic mass is 10.2. The van der Waals surface area contributed by atoms with Crippen molar-refractivity contribution in [1.82, 2.24) is 4.98 Å². The molecule has 0 saturated heterocycles. The molecule has 1 amide bonds. The number of aromatic nitrogens is 1. The minimum atomic E-state index is -0.0730. The number of hydrogen-bond donors (Lipinski definition) is 0. The number of hydrogen-bond acceptors (Lipinski definition) is 2. The van der Waals surface area contributed by atoms with E-state index in [2.05, 4.69) is 20.9 Å². The Kier molecular flexibility index (Phi) is 3.54. The normalized spacial score (nSPS) is 10.0. The Morgan fingerprint density at radius 3 is 2.59 bits per heavy atom. The van der Waals surface area contributed by atoms with Gasteiger partial charge in [-0.3, -0.25) is 9.69 Å². The number of carbonyl (C=O) groups excluding carboxylic acids is 1. The van der Waals surface area contributed by atoms with Crippen LogP contribution in [0.1, 0.15) is 10.4 Å². The third kappa shape index (κ3) is 2.71. The Labute approximate surface area is 108 Å². The summed E-state index contributed by atoms with van der Waals surface area (Å²) < 4.78 is 0.898. The molecule has 0 fully saturated rings. The van der Waals surface area contributed by atoms with Crippen molar-refractivity contribution in [2.24, 2.45) is 0 Å². The highest BCUT2D eigenvalue weighted by molar-refractivity contribution is 9.10. The van der Waals surface area contributed by atoms with Crippen molar-refractivity contribution in [1.29, 1.82) is 0 Å². The molecule has 0 aliphatic rings. The molecule has 17 heavy (non-hydrogen) atoms. The smallest absolute Gasteiger partial charge is 0.259 e. The summed E-state index contributed by atoms with van der Waals surface area (Å²) in [5.41, 5.74) is 0.650. The third-order valence-corrected chi connectivity index (χ3v) is 2.87. The van der Waals surface area contributed by atoms with Gasteiger partial charge in [-0.1, -0.05) is 34.1 Å². The van der Waals surface area contributed by atoms with Crippen LogP contribution in [-0.2, 0) is 0 Å². The summed E-state index contributed by atoms with van der Waals surface area (Å²) in [5, 5.41) is 0. The number of pyridine rings is 1. The van der Waals surface area contributed by atoms with Crippen LogP contribution in [0.25, 0.3) is 0 Å². The van der Waals surface area contributed by atoms with E-state index in [1.165, 1.54) is 4.90 Å². The van der Waals surface area contributed by atoms with Crippen LogP contribution < -0.4 is 4.90 Å². The van der Waals surface area contributed by atoms with Gasteiger partial charge in [-0.25, -0.2) is 4.98 Å². The fraction of sp³-hybridized carbons (Fsp3) is 0.0769. The van der Waals surface area contributed by atoms with E-state index in [1.54, 1.807) is 31.4 Å². The average molecular weight is 291 g/mol. The molecule has 3 nitrogen and oxygen atoms in total. The van der Waals surface area contributed by atoms with E-state index in [1.807, 2.05) is 24.3 Å². The Bertz CT molecular complexity index is 528. The monoisotopic (exact) mass is 290 g/mol. The Balaban J connectivity index is 2.27. The van der Waals surface area contributed by atoms with Crippen LogP contribution in [0, 0.1) is 0 Å². The van der Waals surface area contributed by atoms with Gasteiger partial charge in [-0.2, -0.15) is 0 Å². The molecule has 86 valence electrons. The highest BCUT2D eigenvalue weighted by atomic mass is 79.9. The van der Waals surface area contributed by atoms with Crippen LogP contribution in [-0.4, -0.2) is 17.9 Å². The van der Waals surface area contributed by atoms with Gasteiger partial charge in [0.15, 0.2) is 0 Å². The largest absolute Gasteiger partial charge is 0.296 e. The average Bonchev–Trinajstić information content (AvgIpc) is 2.38. The maximum absolute atomic E-state index is 12.1. The van der Waals surface area contributed by atoms with Crippen LogP contribution >= 0.6 is 15.9 Å². The van der Waals surface area contributed by atoms with E-state index in [4.69, 9.17) is 0 Å². The molecular formula is C13H11BrN2O. The van der Waals surface area contributed by atoms with E-state index in [0.29, 0.717) is 11.4 Å². The molecule has 1 aromatic carbocycles. The number of anilines is 1. The maximum atomic E-state index is 12.1. The highest BCUT2D eigenvalue weighted by Gasteiger charge is 2.13. The van der Waals surface area contributed by atoms with Crippen LogP contribution in [0.15, 0.2) is 53.1 Å². The summed E-state index contributed by atoms with van der Waals surface area (Å²) in [6, 6.07) is 12.8. The van der Waals surface area contributed by atoms with Crippen molar-refractivity contribution in [2.75, 3.05) is 11.9 Å². The van der Waals surface area contributed by atoms with E-state index in [0.717, 1.165) is 4.47 Å². The highest BCUT2D eigenvalue weighted by Crippen LogP contribution is 2.17. The first-order chi connectivity index (χ1) is 8.18. The minimum absolute atomic E-state index is 0.0730. The second-order valence-electron chi connectivity index (χ2n) is 3.56.